The fourth-order valence-corrected chi connectivity index (χ4v) is 5.63. The van der Waals surface area contributed by atoms with Crippen LogP contribution in [0.2, 0.25) is 0 Å². The standard InChI is InChI=1S/C20H27Cl2N3O4S/c1-2-29-19(27)14-12-5-3-4-6-13(12)30-18(14)25-20(28)24-15(16(26)17(21)22)11-7-9-23-10-8-11/h11,15,17,23H,2-10H2,1H3,(H2,24,25,28). The van der Waals surface area contributed by atoms with Crippen molar-refractivity contribution in [3.8, 4) is 0 Å². The normalized spacial score (nSPS) is 17.9. The maximum Gasteiger partial charge on any atom is 0.341 e. The molecule has 0 bridgehead atoms. The molecule has 1 aromatic rings. The zero-order valence-electron chi connectivity index (χ0n) is 16.9. The van der Waals surface area contributed by atoms with Gasteiger partial charge in [0.15, 0.2) is 10.6 Å². The van der Waals surface area contributed by atoms with Crippen LogP contribution in [0.5, 0.6) is 0 Å². The lowest BCUT2D eigenvalue weighted by Gasteiger charge is -2.30. The Morgan fingerprint density at radius 3 is 2.57 bits per heavy atom. The Morgan fingerprint density at radius 2 is 1.90 bits per heavy atom. The van der Waals surface area contributed by atoms with E-state index >= 15 is 0 Å². The molecule has 166 valence electrons. The molecule has 3 rings (SSSR count). The Labute approximate surface area is 190 Å². The summed E-state index contributed by atoms with van der Waals surface area (Å²) in [6.07, 6.45) is 5.20. The number of urea groups is 1. The Bertz CT molecular complexity index is 793. The van der Waals surface area contributed by atoms with Crippen LogP contribution in [0.25, 0.3) is 0 Å². The molecule has 7 nitrogen and oxygen atoms in total. The summed E-state index contributed by atoms with van der Waals surface area (Å²) in [5, 5.41) is 9.23. The Kier molecular flexibility index (Phi) is 8.39. The predicted molar refractivity (Wildman–Crippen MR) is 119 cm³/mol. The van der Waals surface area contributed by atoms with Crippen molar-refractivity contribution in [2.75, 3.05) is 25.0 Å². The minimum atomic E-state index is -1.21. The van der Waals surface area contributed by atoms with E-state index in [0.717, 1.165) is 62.1 Å². The predicted octanol–water partition coefficient (Wildman–Crippen LogP) is 3.67. The number of rotatable bonds is 7. The van der Waals surface area contributed by atoms with Gasteiger partial charge in [0.05, 0.1) is 18.2 Å². The van der Waals surface area contributed by atoms with Crippen molar-refractivity contribution >= 4 is 57.3 Å². The lowest BCUT2D eigenvalue weighted by atomic mass is 9.88. The molecule has 0 aromatic carbocycles. The van der Waals surface area contributed by atoms with Gasteiger partial charge in [-0.2, -0.15) is 0 Å². The number of esters is 1. The van der Waals surface area contributed by atoms with E-state index in [4.69, 9.17) is 27.9 Å². The number of halogens is 2. The molecule has 1 aromatic heterocycles. The van der Waals surface area contributed by atoms with Gasteiger partial charge in [0.2, 0.25) is 0 Å². The summed E-state index contributed by atoms with van der Waals surface area (Å²) in [5.41, 5.74) is 1.40. The number of Topliss-reactive ketones (excluding diaryl/α,β-unsaturated/α-hetero) is 1. The lowest BCUT2D eigenvalue weighted by molar-refractivity contribution is -0.120. The van der Waals surface area contributed by atoms with Gasteiger partial charge in [-0.3, -0.25) is 10.1 Å². The Morgan fingerprint density at radius 1 is 1.20 bits per heavy atom. The molecule has 2 amide bonds. The number of anilines is 1. The third kappa shape index (κ3) is 5.46. The maximum absolute atomic E-state index is 12.8. The smallest absolute Gasteiger partial charge is 0.341 e. The summed E-state index contributed by atoms with van der Waals surface area (Å²) >= 11 is 13.1. The average molecular weight is 476 g/mol. The SMILES string of the molecule is CCOC(=O)c1c(NC(=O)NC(C(=O)C(Cl)Cl)C2CCNCC2)sc2c1CCCC2. The summed E-state index contributed by atoms with van der Waals surface area (Å²) in [5.74, 6) is -0.901. The van der Waals surface area contributed by atoms with E-state index in [1.54, 1.807) is 6.92 Å². The lowest BCUT2D eigenvalue weighted by Crippen LogP contribution is -2.51. The molecular formula is C20H27Cl2N3O4S. The zero-order valence-corrected chi connectivity index (χ0v) is 19.2. The van der Waals surface area contributed by atoms with Gasteiger partial charge in [-0.15, -0.1) is 11.3 Å². The van der Waals surface area contributed by atoms with Crippen LogP contribution in [0.1, 0.15) is 53.4 Å². The molecule has 2 aliphatic rings. The van der Waals surface area contributed by atoms with Crippen molar-refractivity contribution in [3.05, 3.63) is 16.0 Å². The van der Waals surface area contributed by atoms with Crippen LogP contribution in [0.3, 0.4) is 0 Å². The van der Waals surface area contributed by atoms with Crippen LogP contribution in [-0.2, 0) is 22.4 Å². The molecule has 1 fully saturated rings. The summed E-state index contributed by atoms with van der Waals surface area (Å²) in [6, 6.07) is -1.34. The van der Waals surface area contributed by atoms with E-state index in [1.807, 2.05) is 0 Å². The van der Waals surface area contributed by atoms with Gasteiger partial charge in [0.1, 0.15) is 5.00 Å². The Balaban J connectivity index is 1.79. The highest BCUT2D eigenvalue weighted by atomic mass is 35.5. The number of ketones is 1. The molecule has 30 heavy (non-hydrogen) atoms. The average Bonchev–Trinajstić information content (AvgIpc) is 3.10. The van der Waals surface area contributed by atoms with E-state index in [1.165, 1.54) is 11.3 Å². The van der Waals surface area contributed by atoms with Gasteiger partial charge in [-0.25, -0.2) is 9.59 Å². The highest BCUT2D eigenvalue weighted by Gasteiger charge is 2.34. The number of aryl methyl sites for hydroxylation is 1. The van der Waals surface area contributed by atoms with Gasteiger partial charge >= 0.3 is 12.0 Å². The number of hydrogen-bond donors (Lipinski definition) is 3. The third-order valence-electron chi connectivity index (χ3n) is 5.54. The minimum Gasteiger partial charge on any atom is -0.462 e. The first-order valence-electron chi connectivity index (χ1n) is 10.3. The van der Waals surface area contributed by atoms with Gasteiger partial charge < -0.3 is 15.4 Å². The zero-order chi connectivity index (χ0) is 21.7. The topological polar surface area (TPSA) is 96.5 Å². The van der Waals surface area contributed by atoms with Crippen LogP contribution >= 0.6 is 34.5 Å². The minimum absolute atomic E-state index is 0.0504. The molecule has 0 spiro atoms. The molecule has 1 saturated heterocycles. The quantitative estimate of drug-likeness (QED) is 0.412. The van der Waals surface area contributed by atoms with E-state index in [-0.39, 0.29) is 12.5 Å². The first-order chi connectivity index (χ1) is 14.4. The largest absolute Gasteiger partial charge is 0.462 e. The molecule has 1 aliphatic heterocycles. The van der Waals surface area contributed by atoms with Crippen molar-refractivity contribution in [2.45, 2.75) is 56.3 Å². The highest BCUT2D eigenvalue weighted by molar-refractivity contribution is 7.17. The van der Waals surface area contributed by atoms with Gasteiger partial charge in [0, 0.05) is 4.88 Å². The van der Waals surface area contributed by atoms with Crippen LogP contribution in [0.4, 0.5) is 9.80 Å². The number of ether oxygens (including phenoxy) is 1. The van der Waals surface area contributed by atoms with E-state index in [2.05, 4.69) is 16.0 Å². The van der Waals surface area contributed by atoms with Crippen molar-refractivity contribution in [1.29, 1.82) is 0 Å². The fourth-order valence-electron chi connectivity index (χ4n) is 4.09. The third-order valence-corrected chi connectivity index (χ3v) is 7.18. The number of carbonyl (C=O) groups is 3. The highest BCUT2D eigenvalue weighted by Crippen LogP contribution is 2.38. The van der Waals surface area contributed by atoms with Crippen molar-refractivity contribution in [2.24, 2.45) is 5.92 Å². The number of amides is 2. The number of hydrogen-bond acceptors (Lipinski definition) is 6. The Hall–Kier alpha value is -1.35. The summed E-state index contributed by atoms with van der Waals surface area (Å²) in [7, 11) is 0. The molecule has 1 atom stereocenters. The second-order valence-electron chi connectivity index (χ2n) is 7.50. The number of alkyl halides is 2. The second-order valence-corrected chi connectivity index (χ2v) is 9.70. The number of carbonyl (C=O) groups excluding carboxylic acids is 3. The van der Waals surface area contributed by atoms with Crippen LogP contribution in [0, 0.1) is 5.92 Å². The first-order valence-corrected chi connectivity index (χ1v) is 12.0. The molecule has 10 heteroatoms. The van der Waals surface area contributed by atoms with E-state index in [0.29, 0.717) is 10.6 Å². The summed E-state index contributed by atoms with van der Waals surface area (Å²) in [4.78, 5) is 37.8. The molecule has 0 radical (unpaired) electrons. The van der Waals surface area contributed by atoms with Gasteiger partial charge in [0.25, 0.3) is 0 Å². The molecule has 0 saturated carbocycles. The molecule has 2 heterocycles. The number of fused-ring (bicyclic) bond motifs is 1. The first kappa shape index (κ1) is 23.3. The fraction of sp³-hybridized carbons (Fsp3) is 0.650. The van der Waals surface area contributed by atoms with E-state index < -0.39 is 28.7 Å². The second kappa shape index (κ2) is 10.8. The van der Waals surface area contributed by atoms with Gasteiger partial charge in [-0.1, -0.05) is 23.2 Å². The summed E-state index contributed by atoms with van der Waals surface area (Å²) < 4.78 is 5.22. The molecule has 3 N–H and O–H groups in total. The number of thiophene rings is 1. The van der Waals surface area contributed by atoms with Crippen LogP contribution < -0.4 is 16.0 Å². The van der Waals surface area contributed by atoms with Crippen LogP contribution in [0.15, 0.2) is 0 Å². The van der Waals surface area contributed by atoms with Crippen molar-refractivity contribution in [3.63, 3.8) is 0 Å². The van der Waals surface area contributed by atoms with E-state index in [9.17, 15) is 14.4 Å². The molecule has 1 aliphatic carbocycles. The van der Waals surface area contributed by atoms with Crippen molar-refractivity contribution < 1.29 is 19.1 Å². The van der Waals surface area contributed by atoms with Gasteiger partial charge in [-0.05, 0) is 70.0 Å². The van der Waals surface area contributed by atoms with Crippen LogP contribution in [-0.4, -0.2) is 48.4 Å². The summed E-state index contributed by atoms with van der Waals surface area (Å²) in [6.45, 7) is 3.53. The molecular weight excluding hydrogens is 449 g/mol. The number of piperidine rings is 1. The number of nitrogens with one attached hydrogen (secondary N) is 3. The molecule has 1 unspecified atom stereocenters. The maximum atomic E-state index is 12.8. The monoisotopic (exact) mass is 475 g/mol. The van der Waals surface area contributed by atoms with Crippen molar-refractivity contribution in [1.82, 2.24) is 10.6 Å².